The molecule has 1 aromatic carbocycles. The Morgan fingerprint density at radius 1 is 1.24 bits per heavy atom. The maximum Gasteiger partial charge on any atom is 0.306 e. The molecule has 3 aromatic rings. The number of aromatic nitrogens is 2. The Bertz CT molecular complexity index is 1110. The number of thiophene rings is 1. The van der Waals surface area contributed by atoms with Gasteiger partial charge >= 0.3 is 5.97 Å². The minimum absolute atomic E-state index is 0.0240. The number of likely N-dealkylation sites (N-methyl/N-ethyl adjacent to an activating group) is 1. The molecule has 3 rings (SSSR count). The second-order valence-corrected chi connectivity index (χ2v) is 8.33. The zero-order valence-corrected chi connectivity index (χ0v) is 17.6. The van der Waals surface area contributed by atoms with Crippen LogP contribution < -0.4 is 5.56 Å². The van der Waals surface area contributed by atoms with Crippen molar-refractivity contribution in [3.05, 3.63) is 61.8 Å². The van der Waals surface area contributed by atoms with Gasteiger partial charge in [-0.3, -0.25) is 14.4 Å². The Morgan fingerprint density at radius 2 is 2.00 bits per heavy atom. The highest BCUT2D eigenvalue weighted by Crippen LogP contribution is 2.22. The van der Waals surface area contributed by atoms with E-state index in [2.05, 4.69) is 4.98 Å². The van der Waals surface area contributed by atoms with Crippen LogP contribution in [-0.4, -0.2) is 40.0 Å². The number of hydrogen-bond acceptors (Lipinski definition) is 6. The van der Waals surface area contributed by atoms with Gasteiger partial charge in [-0.25, -0.2) is 0 Å². The van der Waals surface area contributed by atoms with E-state index in [1.807, 2.05) is 18.2 Å². The van der Waals surface area contributed by atoms with Gasteiger partial charge in [-0.2, -0.15) is 4.98 Å². The molecule has 0 aliphatic heterocycles. The highest BCUT2D eigenvalue weighted by Gasteiger charge is 2.15. The van der Waals surface area contributed by atoms with Crippen LogP contribution in [0.25, 0.3) is 10.9 Å². The van der Waals surface area contributed by atoms with Crippen LogP contribution in [-0.2, 0) is 34.3 Å². The van der Waals surface area contributed by atoms with Crippen LogP contribution in [0.2, 0.25) is 4.34 Å². The third-order valence-corrected chi connectivity index (χ3v) is 5.69. The highest BCUT2D eigenvalue weighted by molar-refractivity contribution is 7.16. The molecule has 9 heteroatoms. The molecule has 7 nitrogen and oxygen atoms in total. The lowest BCUT2D eigenvalue weighted by Gasteiger charge is -2.16. The molecule has 0 saturated heterocycles. The van der Waals surface area contributed by atoms with Crippen molar-refractivity contribution >= 4 is 45.7 Å². The fourth-order valence-corrected chi connectivity index (χ4v) is 4.00. The third-order valence-electron chi connectivity index (χ3n) is 4.47. The van der Waals surface area contributed by atoms with E-state index in [1.54, 1.807) is 36.9 Å². The van der Waals surface area contributed by atoms with Crippen LogP contribution in [0.4, 0.5) is 0 Å². The molecule has 0 N–H and O–H groups in total. The van der Waals surface area contributed by atoms with Gasteiger partial charge in [0, 0.05) is 25.4 Å². The highest BCUT2D eigenvalue weighted by atomic mass is 35.5. The molecule has 0 atom stereocenters. The third kappa shape index (κ3) is 5.21. The summed E-state index contributed by atoms with van der Waals surface area (Å²) in [6, 6.07) is 10.8. The van der Waals surface area contributed by atoms with Crippen molar-refractivity contribution in [2.75, 3.05) is 13.7 Å². The van der Waals surface area contributed by atoms with E-state index >= 15 is 0 Å². The average Bonchev–Trinajstić information content (AvgIpc) is 3.12. The lowest BCUT2D eigenvalue weighted by Crippen LogP contribution is -2.30. The number of nitrogens with zero attached hydrogens (tertiary/aromatic N) is 3. The molecule has 152 valence electrons. The SMILES string of the molecule is CN(Cc1ccc(Cl)s1)C(=O)COC(=O)CCc1nc(=O)c2ccccc2n1C. The van der Waals surface area contributed by atoms with Gasteiger partial charge < -0.3 is 14.2 Å². The van der Waals surface area contributed by atoms with Crippen molar-refractivity contribution < 1.29 is 14.3 Å². The predicted molar refractivity (Wildman–Crippen MR) is 112 cm³/mol. The Labute approximate surface area is 176 Å². The molecule has 0 fully saturated rings. The minimum Gasteiger partial charge on any atom is -0.456 e. The molecule has 0 bridgehead atoms. The normalized spacial score (nSPS) is 10.9. The van der Waals surface area contributed by atoms with Crippen molar-refractivity contribution in [2.45, 2.75) is 19.4 Å². The van der Waals surface area contributed by atoms with Crippen molar-refractivity contribution in [1.29, 1.82) is 0 Å². The lowest BCUT2D eigenvalue weighted by molar-refractivity contribution is -0.151. The number of fused-ring (bicyclic) bond motifs is 1. The largest absolute Gasteiger partial charge is 0.456 e. The Kier molecular flexibility index (Phi) is 6.66. The van der Waals surface area contributed by atoms with E-state index in [9.17, 15) is 14.4 Å². The summed E-state index contributed by atoms with van der Waals surface area (Å²) in [5, 5.41) is 0.530. The number of hydrogen-bond donors (Lipinski definition) is 0. The van der Waals surface area contributed by atoms with E-state index in [4.69, 9.17) is 16.3 Å². The van der Waals surface area contributed by atoms with Crippen LogP contribution in [0.15, 0.2) is 41.2 Å². The van der Waals surface area contributed by atoms with Gasteiger partial charge in [0.15, 0.2) is 6.61 Å². The number of esters is 1. The summed E-state index contributed by atoms with van der Waals surface area (Å²) in [5.74, 6) is -0.337. The summed E-state index contributed by atoms with van der Waals surface area (Å²) in [6.45, 7) is 0.0649. The summed E-state index contributed by atoms with van der Waals surface area (Å²) in [4.78, 5) is 42.8. The molecule has 1 amide bonds. The molecular formula is C20H20ClN3O4S. The van der Waals surface area contributed by atoms with Gasteiger partial charge in [-0.15, -0.1) is 11.3 Å². The first-order chi connectivity index (χ1) is 13.8. The van der Waals surface area contributed by atoms with Crippen molar-refractivity contribution in [2.24, 2.45) is 7.05 Å². The van der Waals surface area contributed by atoms with Crippen LogP contribution in [0.3, 0.4) is 0 Å². The van der Waals surface area contributed by atoms with Crippen molar-refractivity contribution in [3.63, 3.8) is 0 Å². The zero-order chi connectivity index (χ0) is 21.0. The number of amides is 1. The molecule has 29 heavy (non-hydrogen) atoms. The first-order valence-electron chi connectivity index (χ1n) is 8.93. The first-order valence-corrected chi connectivity index (χ1v) is 10.1. The van der Waals surface area contributed by atoms with Gasteiger partial charge in [0.2, 0.25) is 0 Å². The van der Waals surface area contributed by atoms with Gasteiger partial charge in [-0.05, 0) is 24.3 Å². The predicted octanol–water partition coefficient (Wildman–Crippen LogP) is 2.78. The molecule has 0 aliphatic carbocycles. The molecule has 0 saturated carbocycles. The van der Waals surface area contributed by atoms with E-state index in [0.29, 0.717) is 22.1 Å². The van der Waals surface area contributed by atoms with Crippen LogP contribution in [0.1, 0.15) is 17.1 Å². The summed E-state index contributed by atoms with van der Waals surface area (Å²) < 4.78 is 7.52. The fourth-order valence-electron chi connectivity index (χ4n) is 2.86. The maximum absolute atomic E-state index is 12.1. The van der Waals surface area contributed by atoms with E-state index < -0.39 is 5.97 Å². The van der Waals surface area contributed by atoms with Gasteiger partial charge in [0.1, 0.15) is 5.82 Å². The number of rotatable bonds is 7. The first kappa shape index (κ1) is 21.0. The summed E-state index contributed by atoms with van der Waals surface area (Å²) in [7, 11) is 3.43. The second-order valence-electron chi connectivity index (χ2n) is 6.53. The molecule has 0 spiro atoms. The monoisotopic (exact) mass is 433 g/mol. The van der Waals surface area contributed by atoms with Crippen LogP contribution in [0, 0.1) is 0 Å². The van der Waals surface area contributed by atoms with Crippen molar-refractivity contribution in [3.8, 4) is 0 Å². The summed E-state index contributed by atoms with van der Waals surface area (Å²) in [5.41, 5.74) is 0.425. The number of ether oxygens (including phenoxy) is 1. The number of aryl methyl sites for hydroxylation is 2. The minimum atomic E-state index is -0.520. The van der Waals surface area contributed by atoms with E-state index in [1.165, 1.54) is 16.2 Å². The smallest absolute Gasteiger partial charge is 0.306 e. The average molecular weight is 434 g/mol. The van der Waals surface area contributed by atoms with E-state index in [-0.39, 0.29) is 30.9 Å². The number of carbonyl (C=O) groups is 2. The summed E-state index contributed by atoms with van der Waals surface area (Å²) >= 11 is 7.28. The topological polar surface area (TPSA) is 81.5 Å². The summed E-state index contributed by atoms with van der Waals surface area (Å²) in [6.07, 6.45) is 0.267. The van der Waals surface area contributed by atoms with Gasteiger partial charge in [-0.1, -0.05) is 23.7 Å². The molecule has 2 aromatic heterocycles. The number of benzene rings is 1. The Morgan fingerprint density at radius 3 is 2.72 bits per heavy atom. The van der Waals surface area contributed by atoms with Gasteiger partial charge in [0.25, 0.3) is 11.5 Å². The van der Waals surface area contributed by atoms with Crippen molar-refractivity contribution in [1.82, 2.24) is 14.5 Å². The molecule has 0 radical (unpaired) electrons. The number of halogens is 1. The van der Waals surface area contributed by atoms with E-state index in [0.717, 1.165) is 10.4 Å². The molecule has 0 unspecified atom stereocenters. The molecule has 0 aliphatic rings. The molecular weight excluding hydrogens is 414 g/mol. The fraction of sp³-hybridized carbons (Fsp3) is 0.300. The van der Waals surface area contributed by atoms with Crippen LogP contribution in [0.5, 0.6) is 0 Å². The number of para-hydroxylation sites is 1. The maximum atomic E-state index is 12.1. The molecule has 2 heterocycles. The van der Waals surface area contributed by atoms with Gasteiger partial charge in [0.05, 0.1) is 28.2 Å². The Hall–Kier alpha value is -2.71. The quantitative estimate of drug-likeness (QED) is 0.535. The van der Waals surface area contributed by atoms with Crippen LogP contribution >= 0.6 is 22.9 Å². The standard InChI is InChI=1S/C20H20ClN3O4S/c1-23(11-13-7-8-16(21)29-13)18(25)12-28-19(26)10-9-17-22-20(27)14-5-3-4-6-15(14)24(17)2/h3-8H,9-12H2,1-2H3. The number of carbonyl (C=O) groups excluding carboxylic acids is 2. The lowest BCUT2D eigenvalue weighted by atomic mass is 10.2. The zero-order valence-electron chi connectivity index (χ0n) is 16.1. The second kappa shape index (κ2) is 9.19. The Balaban J connectivity index is 1.52.